The van der Waals surface area contributed by atoms with Gasteiger partial charge in [0.25, 0.3) is 5.91 Å². The zero-order chi connectivity index (χ0) is 16.4. The van der Waals surface area contributed by atoms with Crippen LogP contribution in [0.4, 0.5) is 4.39 Å². The Morgan fingerprint density at radius 3 is 2.68 bits per heavy atom. The molecule has 1 aromatic carbocycles. The number of carbonyl (C=O) groups excluding carboxylic acids is 1. The van der Waals surface area contributed by atoms with E-state index in [1.165, 1.54) is 12.1 Å². The van der Waals surface area contributed by atoms with Gasteiger partial charge in [0.15, 0.2) is 0 Å². The summed E-state index contributed by atoms with van der Waals surface area (Å²) >= 11 is 0. The van der Waals surface area contributed by atoms with Crippen LogP contribution in [0.15, 0.2) is 12.1 Å². The molecule has 1 amide bonds. The summed E-state index contributed by atoms with van der Waals surface area (Å²) in [5, 5.41) is 6.23. The Kier molecular flexibility index (Phi) is 7.99. The third-order valence-corrected chi connectivity index (χ3v) is 4.34. The van der Waals surface area contributed by atoms with Crippen LogP contribution in [0.5, 0.6) is 0 Å². The van der Waals surface area contributed by atoms with Gasteiger partial charge in [-0.15, -0.1) is 24.8 Å². The highest BCUT2D eigenvalue weighted by Gasteiger charge is 2.18. The Labute approximate surface area is 159 Å². The van der Waals surface area contributed by atoms with Crippen molar-refractivity contribution in [2.24, 2.45) is 5.92 Å². The topological polar surface area (TPSA) is 66.9 Å². The highest BCUT2D eigenvalue weighted by molar-refractivity contribution is 6.04. The van der Waals surface area contributed by atoms with E-state index >= 15 is 0 Å². The van der Waals surface area contributed by atoms with E-state index in [0.29, 0.717) is 23.5 Å². The van der Waals surface area contributed by atoms with Gasteiger partial charge < -0.3 is 10.6 Å². The lowest BCUT2D eigenvalue weighted by atomic mass is 9.99. The number of carbonyl (C=O) groups is 1. The first-order valence-electron chi connectivity index (χ1n) is 7.98. The summed E-state index contributed by atoms with van der Waals surface area (Å²) in [5.41, 5.74) is 2.60. The maximum absolute atomic E-state index is 13.8. The lowest BCUT2D eigenvalue weighted by Gasteiger charge is -2.23. The molecule has 138 valence electrons. The molecule has 1 aliphatic rings. The van der Waals surface area contributed by atoms with Crippen molar-refractivity contribution in [3.05, 3.63) is 34.9 Å². The van der Waals surface area contributed by atoms with Crippen LogP contribution >= 0.6 is 24.8 Å². The van der Waals surface area contributed by atoms with Crippen molar-refractivity contribution in [1.82, 2.24) is 20.6 Å². The molecule has 0 saturated carbocycles. The third kappa shape index (κ3) is 5.00. The van der Waals surface area contributed by atoms with E-state index in [4.69, 9.17) is 0 Å². The van der Waals surface area contributed by atoms with E-state index < -0.39 is 5.82 Å². The number of benzene rings is 1. The molecule has 5 nitrogen and oxygen atoms in total. The minimum atomic E-state index is -0.473. The summed E-state index contributed by atoms with van der Waals surface area (Å²) in [6.07, 6.45) is 2.21. The zero-order valence-electron chi connectivity index (χ0n) is 14.3. The second kappa shape index (κ2) is 9.27. The molecule has 0 radical (unpaired) electrons. The highest BCUT2D eigenvalue weighted by atomic mass is 35.5. The van der Waals surface area contributed by atoms with Gasteiger partial charge in [-0.2, -0.15) is 0 Å². The number of aromatic nitrogens is 2. The molecule has 3 rings (SSSR count). The molecule has 25 heavy (non-hydrogen) atoms. The summed E-state index contributed by atoms with van der Waals surface area (Å²) in [6, 6.07) is 2.55. The van der Waals surface area contributed by atoms with E-state index in [9.17, 15) is 9.18 Å². The maximum Gasteiger partial charge on any atom is 0.253 e. The van der Waals surface area contributed by atoms with Crippen LogP contribution in [0.25, 0.3) is 11.0 Å². The maximum atomic E-state index is 13.8. The Morgan fingerprint density at radius 2 is 2.00 bits per heavy atom. The number of hydrogen-bond donors (Lipinski definition) is 2. The molecule has 2 aromatic rings. The number of nitrogens with one attached hydrogen (secondary N) is 2. The first-order valence-corrected chi connectivity index (χ1v) is 7.98. The van der Waals surface area contributed by atoms with E-state index in [1.54, 1.807) is 0 Å². The fourth-order valence-electron chi connectivity index (χ4n) is 2.90. The third-order valence-electron chi connectivity index (χ3n) is 4.34. The quantitative estimate of drug-likeness (QED) is 0.847. The lowest BCUT2D eigenvalue weighted by molar-refractivity contribution is 0.0946. The minimum absolute atomic E-state index is 0. The van der Waals surface area contributed by atoms with Gasteiger partial charge in [0.2, 0.25) is 0 Å². The van der Waals surface area contributed by atoms with Gasteiger partial charge in [0.1, 0.15) is 11.3 Å². The smallest absolute Gasteiger partial charge is 0.253 e. The average molecular weight is 389 g/mol. The van der Waals surface area contributed by atoms with Crippen LogP contribution in [-0.2, 0) is 0 Å². The van der Waals surface area contributed by atoms with Gasteiger partial charge in [-0.25, -0.2) is 14.4 Å². The van der Waals surface area contributed by atoms with Crippen molar-refractivity contribution in [2.45, 2.75) is 26.7 Å². The summed E-state index contributed by atoms with van der Waals surface area (Å²) in [7, 11) is 0. The summed E-state index contributed by atoms with van der Waals surface area (Å²) in [4.78, 5) is 21.3. The second-order valence-electron chi connectivity index (χ2n) is 6.14. The van der Waals surface area contributed by atoms with Crippen molar-refractivity contribution in [3.63, 3.8) is 0 Å². The van der Waals surface area contributed by atoms with Crippen molar-refractivity contribution in [1.29, 1.82) is 0 Å². The number of fused-ring (bicyclic) bond motifs is 1. The van der Waals surface area contributed by atoms with Crippen LogP contribution in [0.2, 0.25) is 0 Å². The van der Waals surface area contributed by atoms with E-state index in [1.807, 2.05) is 13.8 Å². The predicted molar refractivity (Wildman–Crippen MR) is 101 cm³/mol. The Morgan fingerprint density at radius 1 is 1.28 bits per heavy atom. The minimum Gasteiger partial charge on any atom is -0.352 e. The van der Waals surface area contributed by atoms with Gasteiger partial charge in [-0.3, -0.25) is 4.79 Å². The monoisotopic (exact) mass is 388 g/mol. The number of amides is 1. The number of nitrogens with zero attached hydrogens (tertiary/aromatic N) is 2. The molecule has 0 aliphatic carbocycles. The van der Waals surface area contributed by atoms with Crippen molar-refractivity contribution in [2.75, 3.05) is 19.6 Å². The van der Waals surface area contributed by atoms with Crippen molar-refractivity contribution in [3.8, 4) is 0 Å². The molecule has 1 unspecified atom stereocenters. The van der Waals surface area contributed by atoms with Gasteiger partial charge in [-0.1, -0.05) is 0 Å². The zero-order valence-corrected chi connectivity index (χ0v) is 15.9. The molecular formula is C17H23Cl2FN4O. The number of aryl methyl sites for hydroxylation is 2. The van der Waals surface area contributed by atoms with Crippen LogP contribution < -0.4 is 10.6 Å². The fourth-order valence-corrected chi connectivity index (χ4v) is 2.90. The number of halogens is 3. The standard InChI is InChI=1S/C17H21FN4O.2ClH/c1-10-11(2)22-16-14(6-13(18)7-15(16)21-10)17(23)20-9-12-4-3-5-19-8-12;;/h6-7,12,19H,3-5,8-9H2,1-2H3,(H,20,23);2*1H. The number of rotatable bonds is 3. The van der Waals surface area contributed by atoms with Crippen LogP contribution in [0.1, 0.15) is 34.6 Å². The average Bonchev–Trinajstić information content (AvgIpc) is 2.54. The Balaban J connectivity index is 0.00000156. The lowest BCUT2D eigenvalue weighted by Crippen LogP contribution is -2.38. The summed E-state index contributed by atoms with van der Waals surface area (Å²) in [5.74, 6) is -0.347. The molecule has 2 N–H and O–H groups in total. The Hall–Kier alpha value is -1.50. The molecule has 0 bridgehead atoms. The molecule has 2 heterocycles. The highest BCUT2D eigenvalue weighted by Crippen LogP contribution is 2.19. The van der Waals surface area contributed by atoms with Gasteiger partial charge in [0, 0.05) is 12.6 Å². The van der Waals surface area contributed by atoms with Gasteiger partial charge in [0.05, 0.1) is 22.5 Å². The number of hydrogen-bond acceptors (Lipinski definition) is 4. The summed E-state index contributed by atoms with van der Waals surface area (Å²) < 4.78 is 13.8. The molecular weight excluding hydrogens is 366 g/mol. The Bertz CT molecular complexity index is 751. The molecule has 0 spiro atoms. The SMILES string of the molecule is Cc1nc2cc(F)cc(C(=O)NCC3CCCNC3)c2nc1C.Cl.Cl. The molecule has 1 fully saturated rings. The van der Waals surface area contributed by atoms with Gasteiger partial charge >= 0.3 is 0 Å². The van der Waals surface area contributed by atoms with Crippen molar-refractivity contribution >= 4 is 41.8 Å². The largest absolute Gasteiger partial charge is 0.352 e. The summed E-state index contributed by atoms with van der Waals surface area (Å²) in [6.45, 7) is 6.18. The van der Waals surface area contributed by atoms with Gasteiger partial charge in [-0.05, 0) is 51.8 Å². The molecule has 8 heteroatoms. The fraction of sp³-hybridized carbons (Fsp3) is 0.471. The molecule has 1 saturated heterocycles. The van der Waals surface area contributed by atoms with E-state index in [0.717, 1.165) is 37.3 Å². The van der Waals surface area contributed by atoms with E-state index in [-0.39, 0.29) is 36.3 Å². The first-order chi connectivity index (χ1) is 11.0. The molecule has 1 atom stereocenters. The van der Waals surface area contributed by atoms with Crippen molar-refractivity contribution < 1.29 is 9.18 Å². The molecule has 1 aromatic heterocycles. The first kappa shape index (κ1) is 21.5. The van der Waals surface area contributed by atoms with Crippen LogP contribution in [-0.4, -0.2) is 35.5 Å². The number of piperidine rings is 1. The predicted octanol–water partition coefficient (Wildman–Crippen LogP) is 2.96. The molecule has 1 aliphatic heterocycles. The van der Waals surface area contributed by atoms with E-state index in [2.05, 4.69) is 20.6 Å². The normalized spacial score (nSPS) is 16.7. The van der Waals surface area contributed by atoms with Crippen LogP contribution in [0, 0.1) is 25.6 Å². The second-order valence-corrected chi connectivity index (χ2v) is 6.14. The van der Waals surface area contributed by atoms with Crippen LogP contribution in [0.3, 0.4) is 0 Å².